The van der Waals surface area contributed by atoms with Crippen molar-refractivity contribution in [1.29, 1.82) is 0 Å². The van der Waals surface area contributed by atoms with Crippen LogP contribution in [0.1, 0.15) is 32.1 Å². The molecule has 2 aromatic heterocycles. The number of nitrogens with one attached hydrogen (secondary N) is 1. The van der Waals surface area contributed by atoms with E-state index in [1.807, 2.05) is 24.3 Å². The lowest BCUT2D eigenvalue weighted by Gasteiger charge is -2.22. The van der Waals surface area contributed by atoms with Crippen LogP contribution in [-0.2, 0) is 9.47 Å². The summed E-state index contributed by atoms with van der Waals surface area (Å²) < 4.78 is 11.3. The Bertz CT molecular complexity index is 832. The quantitative estimate of drug-likeness (QED) is 0.510. The topological polar surface area (TPSA) is 72.9 Å². The Hall–Kier alpha value is -1.70. The number of nitrogens with zero attached hydrogens (tertiary/aromatic N) is 3. The minimum Gasteiger partial charge on any atom is -0.353 e. The van der Waals surface area contributed by atoms with Crippen LogP contribution < -0.4 is 0 Å². The summed E-state index contributed by atoms with van der Waals surface area (Å²) in [6.45, 7) is 1.59. The van der Waals surface area contributed by atoms with Crippen molar-refractivity contribution in [2.24, 2.45) is 0 Å². The van der Waals surface area contributed by atoms with Crippen LogP contribution in [0.3, 0.4) is 0 Å². The minimum absolute atomic E-state index is 0.0124. The molecule has 4 rings (SSSR count). The molecule has 0 bridgehead atoms. The monoisotopic (exact) mass is 358 g/mol. The van der Waals surface area contributed by atoms with Gasteiger partial charge in [0.05, 0.1) is 0 Å². The number of thioether (sulfide) groups is 1. The first-order valence-corrected chi connectivity index (χ1v) is 9.86. The van der Waals surface area contributed by atoms with E-state index in [1.165, 1.54) is 6.42 Å². The third-order valence-corrected chi connectivity index (χ3v) is 5.24. The Morgan fingerprint density at radius 1 is 1.20 bits per heavy atom. The predicted molar refractivity (Wildman–Crippen MR) is 98.7 cm³/mol. The summed E-state index contributed by atoms with van der Waals surface area (Å²) in [5, 5.41) is 10.4. The number of unbranched alkanes of at least 4 members (excludes halogenated alkanes) is 1. The number of aromatic amines is 1. The Morgan fingerprint density at radius 2 is 2.16 bits per heavy atom. The van der Waals surface area contributed by atoms with Crippen molar-refractivity contribution >= 4 is 33.8 Å². The summed E-state index contributed by atoms with van der Waals surface area (Å²) in [5.41, 5.74) is 2.68. The van der Waals surface area contributed by atoms with Crippen LogP contribution in [-0.4, -0.2) is 45.4 Å². The lowest BCUT2D eigenvalue weighted by molar-refractivity contribution is -0.162. The molecule has 1 fully saturated rings. The number of fused-ring (bicyclic) bond motifs is 3. The molecule has 0 amide bonds. The highest BCUT2D eigenvalue weighted by Gasteiger charge is 2.13. The maximum absolute atomic E-state index is 5.75. The van der Waals surface area contributed by atoms with Crippen LogP contribution in [0.15, 0.2) is 29.4 Å². The molecule has 0 radical (unpaired) electrons. The molecule has 132 valence electrons. The number of ether oxygens (including phenoxy) is 2. The molecule has 1 atom stereocenters. The van der Waals surface area contributed by atoms with Gasteiger partial charge in [0.2, 0.25) is 5.16 Å². The summed E-state index contributed by atoms with van der Waals surface area (Å²) in [5.74, 6) is 0.961. The molecule has 6 nitrogen and oxygen atoms in total. The van der Waals surface area contributed by atoms with Crippen molar-refractivity contribution in [2.45, 2.75) is 43.6 Å². The molecular weight excluding hydrogens is 336 g/mol. The summed E-state index contributed by atoms with van der Waals surface area (Å²) in [4.78, 5) is 7.89. The molecular formula is C18H22N4O2S. The summed E-state index contributed by atoms with van der Waals surface area (Å²) in [6, 6.07) is 8.07. The third-order valence-electron chi connectivity index (χ3n) is 4.31. The Balaban J connectivity index is 1.24. The number of H-pyrrole nitrogens is 1. The second kappa shape index (κ2) is 8.12. The molecule has 0 spiro atoms. The second-order valence-electron chi connectivity index (χ2n) is 6.18. The van der Waals surface area contributed by atoms with Gasteiger partial charge in [0.15, 0.2) is 11.9 Å². The number of benzene rings is 1. The van der Waals surface area contributed by atoms with Gasteiger partial charge >= 0.3 is 0 Å². The van der Waals surface area contributed by atoms with E-state index in [2.05, 4.69) is 20.2 Å². The fourth-order valence-corrected chi connectivity index (χ4v) is 3.78. The lowest BCUT2D eigenvalue weighted by atomic mass is 10.2. The van der Waals surface area contributed by atoms with E-state index in [0.29, 0.717) is 0 Å². The zero-order valence-electron chi connectivity index (χ0n) is 14.1. The highest BCUT2D eigenvalue weighted by atomic mass is 32.2. The molecule has 1 aromatic carbocycles. The molecule has 1 saturated heterocycles. The Morgan fingerprint density at radius 3 is 3.08 bits per heavy atom. The van der Waals surface area contributed by atoms with Crippen LogP contribution >= 0.6 is 11.8 Å². The van der Waals surface area contributed by atoms with Crippen molar-refractivity contribution in [2.75, 3.05) is 19.0 Å². The molecule has 1 aliphatic rings. The number of hydrogen-bond acceptors (Lipinski definition) is 6. The van der Waals surface area contributed by atoms with E-state index in [4.69, 9.17) is 9.47 Å². The highest BCUT2D eigenvalue weighted by Crippen LogP contribution is 2.23. The van der Waals surface area contributed by atoms with Crippen LogP contribution in [0.25, 0.3) is 22.1 Å². The largest absolute Gasteiger partial charge is 0.353 e. The molecule has 3 aromatic rings. The van der Waals surface area contributed by atoms with Gasteiger partial charge in [-0.3, -0.25) is 0 Å². The number of hydrogen-bond donors (Lipinski definition) is 1. The van der Waals surface area contributed by atoms with Crippen molar-refractivity contribution in [3.05, 3.63) is 24.3 Å². The van der Waals surface area contributed by atoms with Gasteiger partial charge in [-0.25, -0.2) is 4.98 Å². The van der Waals surface area contributed by atoms with Gasteiger partial charge in [0, 0.05) is 29.9 Å². The first-order chi connectivity index (χ1) is 12.4. The molecule has 1 aliphatic heterocycles. The van der Waals surface area contributed by atoms with E-state index in [-0.39, 0.29) is 6.29 Å². The molecule has 25 heavy (non-hydrogen) atoms. The van der Waals surface area contributed by atoms with Gasteiger partial charge in [0.1, 0.15) is 5.52 Å². The first-order valence-electron chi connectivity index (χ1n) is 8.87. The van der Waals surface area contributed by atoms with Crippen LogP contribution in [0.2, 0.25) is 0 Å². The lowest BCUT2D eigenvalue weighted by Crippen LogP contribution is -2.22. The summed E-state index contributed by atoms with van der Waals surface area (Å²) in [7, 11) is 0. The van der Waals surface area contributed by atoms with E-state index >= 15 is 0 Å². The fraction of sp³-hybridized carbons (Fsp3) is 0.500. The highest BCUT2D eigenvalue weighted by molar-refractivity contribution is 7.99. The molecule has 7 heteroatoms. The summed E-state index contributed by atoms with van der Waals surface area (Å²) in [6.07, 6.45) is 5.49. The Labute approximate surface area is 150 Å². The molecule has 0 saturated carbocycles. The fourth-order valence-electron chi connectivity index (χ4n) is 2.99. The smallest absolute Gasteiger partial charge is 0.211 e. The maximum Gasteiger partial charge on any atom is 0.211 e. The van der Waals surface area contributed by atoms with E-state index in [1.54, 1.807) is 11.8 Å². The third kappa shape index (κ3) is 4.11. The first kappa shape index (κ1) is 16.8. The maximum atomic E-state index is 5.75. The Kier molecular flexibility index (Phi) is 5.44. The average Bonchev–Trinajstić information content (AvgIpc) is 3.03. The van der Waals surface area contributed by atoms with E-state index < -0.39 is 0 Å². The number of rotatable bonds is 7. The van der Waals surface area contributed by atoms with Crippen molar-refractivity contribution in [1.82, 2.24) is 20.2 Å². The molecule has 3 heterocycles. The average molecular weight is 358 g/mol. The molecule has 1 unspecified atom stereocenters. The van der Waals surface area contributed by atoms with Crippen LogP contribution in [0.5, 0.6) is 0 Å². The van der Waals surface area contributed by atoms with E-state index in [9.17, 15) is 0 Å². The van der Waals surface area contributed by atoms with Gasteiger partial charge in [-0.1, -0.05) is 30.0 Å². The zero-order chi connectivity index (χ0) is 16.9. The zero-order valence-corrected chi connectivity index (χ0v) is 14.9. The van der Waals surface area contributed by atoms with Crippen molar-refractivity contribution < 1.29 is 9.47 Å². The van der Waals surface area contributed by atoms with E-state index in [0.717, 1.165) is 71.9 Å². The van der Waals surface area contributed by atoms with Crippen LogP contribution in [0, 0.1) is 0 Å². The van der Waals surface area contributed by atoms with Gasteiger partial charge in [0.25, 0.3) is 0 Å². The van der Waals surface area contributed by atoms with Gasteiger partial charge in [-0.15, -0.1) is 10.2 Å². The minimum atomic E-state index is 0.0124. The second-order valence-corrected chi connectivity index (χ2v) is 7.25. The SMILES string of the molecule is c1ccc2c(c1)[nH]c1nc(SCCCCOC3CCCCO3)nnc12. The normalized spacial score (nSPS) is 18.2. The van der Waals surface area contributed by atoms with Crippen molar-refractivity contribution in [3.63, 3.8) is 0 Å². The predicted octanol–water partition coefficient (Wildman–Crippen LogP) is 3.92. The van der Waals surface area contributed by atoms with Gasteiger partial charge in [-0.05, 0) is 38.2 Å². The van der Waals surface area contributed by atoms with Gasteiger partial charge < -0.3 is 14.5 Å². The van der Waals surface area contributed by atoms with Crippen molar-refractivity contribution in [3.8, 4) is 0 Å². The van der Waals surface area contributed by atoms with Crippen LogP contribution in [0.4, 0.5) is 0 Å². The standard InChI is InChI=1S/C18H22N4O2S/c1-2-8-14-13(7-1)16-17(19-14)20-18(22-21-16)25-12-6-5-11-24-15-9-3-4-10-23-15/h1-2,7-8,15H,3-6,9-12H2,(H,19,20,22). The number of para-hydroxylation sites is 1. The number of aromatic nitrogens is 4. The summed E-state index contributed by atoms with van der Waals surface area (Å²) >= 11 is 1.64. The molecule has 0 aliphatic carbocycles. The van der Waals surface area contributed by atoms with Gasteiger partial charge in [-0.2, -0.15) is 0 Å². The molecule has 1 N–H and O–H groups in total.